The van der Waals surface area contributed by atoms with Crippen molar-refractivity contribution in [3.8, 4) is 11.5 Å². The van der Waals surface area contributed by atoms with E-state index in [0.29, 0.717) is 47.4 Å². The molecule has 6 heteroatoms. The summed E-state index contributed by atoms with van der Waals surface area (Å²) in [7, 11) is 0. The summed E-state index contributed by atoms with van der Waals surface area (Å²) in [5, 5.41) is 11.4. The van der Waals surface area contributed by atoms with E-state index in [1.807, 2.05) is 49.4 Å². The van der Waals surface area contributed by atoms with Crippen molar-refractivity contribution >= 4 is 23.1 Å². The molecule has 1 saturated heterocycles. The maximum Gasteiger partial charge on any atom is 0.300 e. The van der Waals surface area contributed by atoms with E-state index in [1.165, 1.54) is 4.90 Å². The van der Waals surface area contributed by atoms with Crippen LogP contribution >= 0.6 is 0 Å². The number of rotatable bonds is 11. The molecule has 1 fully saturated rings. The molecule has 1 aliphatic rings. The number of aliphatic hydroxyl groups excluding tert-OH is 1. The van der Waals surface area contributed by atoms with Gasteiger partial charge in [-0.25, -0.2) is 0 Å². The maximum absolute atomic E-state index is 13.5. The molecule has 0 aliphatic carbocycles. The number of carbonyl (C=O) groups excluding carboxylic acids is 2. The number of ketones is 1. The van der Waals surface area contributed by atoms with E-state index in [1.54, 1.807) is 30.3 Å². The van der Waals surface area contributed by atoms with Gasteiger partial charge in [0, 0.05) is 11.3 Å². The van der Waals surface area contributed by atoms with Gasteiger partial charge in [-0.15, -0.1) is 0 Å². The van der Waals surface area contributed by atoms with Crippen LogP contribution in [0.2, 0.25) is 0 Å². The van der Waals surface area contributed by atoms with E-state index in [0.717, 1.165) is 24.8 Å². The predicted octanol–water partition coefficient (Wildman–Crippen LogP) is 7.23. The molecule has 0 bridgehead atoms. The summed E-state index contributed by atoms with van der Waals surface area (Å²) < 4.78 is 11.7. The number of nitrogens with zero attached hydrogens (tertiary/aromatic N) is 1. The molecule has 3 aromatic carbocycles. The fourth-order valence-electron chi connectivity index (χ4n) is 4.64. The SMILES string of the molecule is CCCCCOc1ccc(/C(O)=C2\C(=O)C(=O)N(c3cccc(C)c3)C2c2cccc(OCC(C)C)c2)cc1. The topological polar surface area (TPSA) is 76.1 Å². The minimum Gasteiger partial charge on any atom is -0.507 e. The zero-order valence-corrected chi connectivity index (χ0v) is 23.1. The van der Waals surface area contributed by atoms with Crippen LogP contribution in [0.15, 0.2) is 78.4 Å². The largest absolute Gasteiger partial charge is 0.507 e. The molecule has 1 aliphatic heterocycles. The zero-order valence-electron chi connectivity index (χ0n) is 23.1. The van der Waals surface area contributed by atoms with Gasteiger partial charge in [0.15, 0.2) is 0 Å². The minimum atomic E-state index is -0.820. The number of amides is 1. The van der Waals surface area contributed by atoms with Crippen LogP contribution in [0, 0.1) is 12.8 Å². The highest BCUT2D eigenvalue weighted by Gasteiger charge is 2.47. The number of Topliss-reactive ketones (excluding diaryl/α,β-unsaturated/α-hetero) is 1. The highest BCUT2D eigenvalue weighted by atomic mass is 16.5. The van der Waals surface area contributed by atoms with E-state index < -0.39 is 17.7 Å². The summed E-state index contributed by atoms with van der Waals surface area (Å²) in [4.78, 5) is 28.4. The van der Waals surface area contributed by atoms with Crippen LogP contribution in [0.1, 0.15) is 62.8 Å². The Hall–Kier alpha value is -4.06. The Labute approximate surface area is 230 Å². The minimum absolute atomic E-state index is 0.0409. The molecule has 1 amide bonds. The maximum atomic E-state index is 13.5. The van der Waals surface area contributed by atoms with Gasteiger partial charge in [-0.3, -0.25) is 14.5 Å². The van der Waals surface area contributed by atoms with E-state index in [9.17, 15) is 14.7 Å². The Kier molecular flexibility index (Phi) is 9.07. The molecule has 39 heavy (non-hydrogen) atoms. The highest BCUT2D eigenvalue weighted by Crippen LogP contribution is 2.43. The van der Waals surface area contributed by atoms with Crippen molar-refractivity contribution < 1.29 is 24.2 Å². The van der Waals surface area contributed by atoms with Crippen molar-refractivity contribution in [3.05, 3.63) is 95.1 Å². The average Bonchev–Trinajstić information content (AvgIpc) is 3.20. The summed E-state index contributed by atoms with van der Waals surface area (Å²) in [6.07, 6.45) is 3.19. The lowest BCUT2D eigenvalue weighted by Gasteiger charge is -2.26. The molecule has 0 aromatic heterocycles. The third kappa shape index (κ3) is 6.51. The number of unbranched alkanes of at least 4 members (excludes halogenated alkanes) is 2. The molecule has 0 spiro atoms. The Bertz CT molecular complexity index is 1340. The van der Waals surface area contributed by atoms with Crippen LogP contribution < -0.4 is 14.4 Å². The Morgan fingerprint density at radius 1 is 0.923 bits per heavy atom. The van der Waals surface area contributed by atoms with E-state index in [4.69, 9.17) is 9.47 Å². The monoisotopic (exact) mass is 527 g/mol. The zero-order chi connectivity index (χ0) is 27.9. The van der Waals surface area contributed by atoms with Crippen molar-refractivity contribution in [1.29, 1.82) is 0 Å². The summed E-state index contributed by atoms with van der Waals surface area (Å²) in [6, 6.07) is 21.0. The summed E-state index contributed by atoms with van der Waals surface area (Å²) in [6.45, 7) is 9.37. The van der Waals surface area contributed by atoms with Crippen LogP contribution in [-0.4, -0.2) is 30.0 Å². The molecule has 3 aromatic rings. The van der Waals surface area contributed by atoms with Gasteiger partial charge in [0.1, 0.15) is 17.3 Å². The van der Waals surface area contributed by atoms with Crippen LogP contribution in [-0.2, 0) is 9.59 Å². The molecular weight excluding hydrogens is 490 g/mol. The van der Waals surface area contributed by atoms with E-state index >= 15 is 0 Å². The molecule has 0 radical (unpaired) electrons. The molecular formula is C33H37NO5. The second-order valence-corrected chi connectivity index (χ2v) is 10.4. The molecule has 1 unspecified atom stereocenters. The van der Waals surface area contributed by atoms with Crippen molar-refractivity contribution in [2.75, 3.05) is 18.1 Å². The third-order valence-corrected chi connectivity index (χ3v) is 6.63. The van der Waals surface area contributed by atoms with E-state index in [2.05, 4.69) is 20.8 Å². The van der Waals surface area contributed by atoms with Gasteiger partial charge >= 0.3 is 0 Å². The Morgan fingerprint density at radius 3 is 2.36 bits per heavy atom. The number of aliphatic hydroxyl groups is 1. The number of hydrogen-bond donors (Lipinski definition) is 1. The molecule has 1 N–H and O–H groups in total. The van der Waals surface area contributed by atoms with Crippen molar-refractivity contribution in [2.45, 2.75) is 53.0 Å². The first kappa shape index (κ1) is 28.0. The highest BCUT2D eigenvalue weighted by molar-refractivity contribution is 6.51. The Balaban J connectivity index is 1.76. The lowest BCUT2D eigenvalue weighted by molar-refractivity contribution is -0.132. The van der Waals surface area contributed by atoms with Crippen LogP contribution in [0.4, 0.5) is 5.69 Å². The lowest BCUT2D eigenvalue weighted by atomic mass is 9.95. The van der Waals surface area contributed by atoms with Gasteiger partial charge in [-0.1, -0.05) is 57.9 Å². The number of hydrogen-bond acceptors (Lipinski definition) is 5. The molecule has 4 rings (SSSR count). The quantitative estimate of drug-likeness (QED) is 0.123. The van der Waals surface area contributed by atoms with Crippen molar-refractivity contribution in [2.24, 2.45) is 5.92 Å². The van der Waals surface area contributed by atoms with Crippen LogP contribution in [0.5, 0.6) is 11.5 Å². The number of anilines is 1. The van der Waals surface area contributed by atoms with Crippen molar-refractivity contribution in [1.82, 2.24) is 0 Å². The lowest BCUT2D eigenvalue weighted by Crippen LogP contribution is -2.29. The second-order valence-electron chi connectivity index (χ2n) is 10.4. The number of benzene rings is 3. The number of aryl methyl sites for hydroxylation is 1. The van der Waals surface area contributed by atoms with Gasteiger partial charge in [0.05, 0.1) is 24.8 Å². The summed E-state index contributed by atoms with van der Waals surface area (Å²) in [5.41, 5.74) is 2.70. The molecule has 204 valence electrons. The van der Waals surface area contributed by atoms with Crippen LogP contribution in [0.25, 0.3) is 5.76 Å². The fourth-order valence-corrected chi connectivity index (χ4v) is 4.64. The fraction of sp³-hybridized carbons (Fsp3) is 0.333. The molecule has 1 heterocycles. The van der Waals surface area contributed by atoms with Gasteiger partial charge in [0.25, 0.3) is 11.7 Å². The molecule has 0 saturated carbocycles. The molecule has 6 nitrogen and oxygen atoms in total. The first-order valence-electron chi connectivity index (χ1n) is 13.6. The van der Waals surface area contributed by atoms with Gasteiger partial charge < -0.3 is 14.6 Å². The van der Waals surface area contributed by atoms with Crippen LogP contribution in [0.3, 0.4) is 0 Å². The summed E-state index contributed by atoms with van der Waals surface area (Å²) in [5.74, 6) is 0.0312. The third-order valence-electron chi connectivity index (χ3n) is 6.63. The smallest absolute Gasteiger partial charge is 0.300 e. The first-order chi connectivity index (χ1) is 18.8. The van der Waals surface area contributed by atoms with E-state index in [-0.39, 0.29) is 11.3 Å². The standard InChI is InChI=1S/C33H37NO5/c1-5-6-7-18-38-27-16-14-24(15-17-27)31(35)29-30(25-11-9-13-28(20-25)39-21-22(2)3)34(33(37)32(29)36)26-12-8-10-23(4)19-26/h8-17,19-20,22,30,35H,5-7,18,21H2,1-4H3/b31-29+. The van der Waals surface area contributed by atoms with Gasteiger partial charge in [-0.2, -0.15) is 0 Å². The van der Waals surface area contributed by atoms with Gasteiger partial charge in [0.2, 0.25) is 0 Å². The van der Waals surface area contributed by atoms with Gasteiger partial charge in [-0.05, 0) is 78.9 Å². The normalized spacial score (nSPS) is 16.6. The average molecular weight is 528 g/mol. The number of ether oxygens (including phenoxy) is 2. The number of carbonyl (C=O) groups is 2. The second kappa shape index (κ2) is 12.7. The summed E-state index contributed by atoms with van der Waals surface area (Å²) >= 11 is 0. The van der Waals surface area contributed by atoms with Crippen molar-refractivity contribution in [3.63, 3.8) is 0 Å². The Morgan fingerprint density at radius 2 is 1.67 bits per heavy atom. The molecule has 1 atom stereocenters. The first-order valence-corrected chi connectivity index (χ1v) is 13.6. The predicted molar refractivity (Wildman–Crippen MR) is 154 cm³/mol.